The van der Waals surface area contributed by atoms with Crippen LogP contribution in [0.4, 0.5) is 0 Å². The summed E-state index contributed by atoms with van der Waals surface area (Å²) >= 11 is 0. The van der Waals surface area contributed by atoms with Crippen molar-refractivity contribution in [2.24, 2.45) is 4.99 Å². The first kappa shape index (κ1) is 14.7. The Labute approximate surface area is 96.4 Å². The van der Waals surface area contributed by atoms with E-state index in [1.54, 1.807) is 0 Å². The van der Waals surface area contributed by atoms with E-state index >= 15 is 0 Å². The zero-order chi connectivity index (χ0) is 11.2. The van der Waals surface area contributed by atoms with Gasteiger partial charge < -0.3 is 0 Å². The van der Waals surface area contributed by atoms with Crippen LogP contribution in [-0.4, -0.2) is 12.8 Å². The van der Waals surface area contributed by atoms with Gasteiger partial charge in [0.1, 0.15) is 0 Å². The van der Waals surface area contributed by atoms with Crippen molar-refractivity contribution < 1.29 is 0 Å². The number of nitrogens with zero attached hydrogens (tertiary/aromatic N) is 1. The van der Waals surface area contributed by atoms with Crippen molar-refractivity contribution in [2.45, 2.75) is 78.1 Å². The third kappa shape index (κ3) is 13.7. The Morgan fingerprint density at radius 2 is 1.33 bits per heavy atom. The van der Waals surface area contributed by atoms with Crippen molar-refractivity contribution in [3.05, 3.63) is 0 Å². The maximum Gasteiger partial charge on any atom is 0.0385 e. The zero-order valence-corrected chi connectivity index (χ0v) is 10.8. The van der Waals surface area contributed by atoms with Crippen LogP contribution < -0.4 is 0 Å². The lowest BCUT2D eigenvalue weighted by Crippen LogP contribution is -1.85. The molecule has 0 unspecified atom stereocenters. The molecule has 0 aliphatic rings. The third-order valence-corrected chi connectivity index (χ3v) is 2.71. The molecule has 0 fully saturated rings. The summed E-state index contributed by atoms with van der Waals surface area (Å²) in [6, 6.07) is 0. The summed E-state index contributed by atoms with van der Waals surface area (Å²) in [5, 5.41) is 0. The Balaban J connectivity index is 2.96. The van der Waals surface area contributed by atoms with Crippen LogP contribution in [0.5, 0.6) is 0 Å². The van der Waals surface area contributed by atoms with Crippen molar-refractivity contribution >= 4 is 6.21 Å². The quantitative estimate of drug-likeness (QED) is 0.337. The first-order valence-electron chi connectivity index (χ1n) is 6.90. The van der Waals surface area contributed by atoms with Gasteiger partial charge in [0.05, 0.1) is 0 Å². The molecule has 0 rings (SSSR count). The molecule has 90 valence electrons. The van der Waals surface area contributed by atoms with Gasteiger partial charge in [0.15, 0.2) is 0 Å². The van der Waals surface area contributed by atoms with Crippen LogP contribution in [0.2, 0.25) is 0 Å². The highest BCUT2D eigenvalue weighted by atomic mass is 14.7. The molecule has 15 heavy (non-hydrogen) atoms. The first-order chi connectivity index (χ1) is 7.41. The van der Waals surface area contributed by atoms with Gasteiger partial charge in [-0.2, -0.15) is 0 Å². The summed E-state index contributed by atoms with van der Waals surface area (Å²) in [5.41, 5.74) is 0. The molecule has 0 spiro atoms. The number of hydrogen-bond donors (Lipinski definition) is 0. The first-order valence-corrected chi connectivity index (χ1v) is 6.90. The third-order valence-electron chi connectivity index (χ3n) is 2.71. The Morgan fingerprint density at radius 3 is 2.07 bits per heavy atom. The minimum absolute atomic E-state index is 1.05. The van der Waals surface area contributed by atoms with Crippen LogP contribution in [0.25, 0.3) is 0 Å². The van der Waals surface area contributed by atoms with Gasteiger partial charge >= 0.3 is 0 Å². The molecule has 0 aromatic carbocycles. The normalized spacial score (nSPS) is 11.3. The van der Waals surface area contributed by atoms with Crippen LogP contribution in [-0.2, 0) is 0 Å². The summed E-state index contributed by atoms with van der Waals surface area (Å²) in [6.45, 7) is 5.56. The Morgan fingerprint density at radius 1 is 0.733 bits per heavy atom. The highest BCUT2D eigenvalue weighted by Gasteiger charge is 1.88. The number of hydrogen-bond acceptors (Lipinski definition) is 1. The topological polar surface area (TPSA) is 12.4 Å². The van der Waals surface area contributed by atoms with Crippen LogP contribution in [0.1, 0.15) is 78.1 Å². The van der Waals surface area contributed by atoms with Gasteiger partial charge in [-0.15, -0.1) is 0 Å². The average Bonchev–Trinajstić information content (AvgIpc) is 2.26. The molecule has 0 heterocycles. The lowest BCUT2D eigenvalue weighted by atomic mass is 10.1. The molecule has 0 aliphatic carbocycles. The van der Waals surface area contributed by atoms with Crippen molar-refractivity contribution in [3.8, 4) is 0 Å². The maximum absolute atomic E-state index is 4.44. The monoisotopic (exact) mass is 211 g/mol. The predicted octanol–water partition coefficient (Wildman–Crippen LogP) is 5.00. The molecule has 0 aromatic heterocycles. The molecule has 1 heteroatoms. The standard InChI is InChI=1S/C14H29N/c1-3-5-7-9-10-12-14-15-13-11-8-6-4-2/h13H,3-12,14H2,1-2H3. The Hall–Kier alpha value is -0.330. The van der Waals surface area contributed by atoms with E-state index in [1.165, 1.54) is 64.2 Å². The largest absolute Gasteiger partial charge is 0.298 e. The van der Waals surface area contributed by atoms with Gasteiger partial charge in [0.2, 0.25) is 0 Å². The lowest BCUT2D eigenvalue weighted by molar-refractivity contribution is 0.612. The highest BCUT2D eigenvalue weighted by Crippen LogP contribution is 2.04. The molecule has 0 atom stereocenters. The second-order valence-electron chi connectivity index (χ2n) is 4.35. The molecule has 0 saturated heterocycles. The van der Waals surface area contributed by atoms with Gasteiger partial charge in [-0.05, 0) is 25.5 Å². The number of aliphatic imine (C=N–C) groups is 1. The van der Waals surface area contributed by atoms with Gasteiger partial charge in [0.25, 0.3) is 0 Å². The fourth-order valence-corrected chi connectivity index (χ4v) is 1.65. The summed E-state index contributed by atoms with van der Waals surface area (Å²) in [6.07, 6.45) is 15.5. The predicted molar refractivity (Wildman–Crippen MR) is 70.9 cm³/mol. The van der Waals surface area contributed by atoms with Gasteiger partial charge in [-0.25, -0.2) is 0 Å². The number of rotatable bonds is 11. The molecule has 0 saturated carbocycles. The van der Waals surface area contributed by atoms with E-state index in [9.17, 15) is 0 Å². The molecule has 0 aromatic rings. The van der Waals surface area contributed by atoms with E-state index in [-0.39, 0.29) is 0 Å². The molecule has 0 bridgehead atoms. The number of unbranched alkanes of at least 4 members (excludes halogenated alkanes) is 8. The maximum atomic E-state index is 4.44. The average molecular weight is 211 g/mol. The molecule has 0 amide bonds. The van der Waals surface area contributed by atoms with Crippen molar-refractivity contribution in [1.29, 1.82) is 0 Å². The van der Waals surface area contributed by atoms with E-state index in [1.807, 2.05) is 0 Å². The molecular weight excluding hydrogens is 182 g/mol. The molecule has 0 radical (unpaired) electrons. The zero-order valence-electron chi connectivity index (χ0n) is 10.8. The second-order valence-corrected chi connectivity index (χ2v) is 4.35. The van der Waals surface area contributed by atoms with E-state index in [0.29, 0.717) is 0 Å². The minimum atomic E-state index is 1.05. The summed E-state index contributed by atoms with van der Waals surface area (Å²) in [7, 11) is 0. The molecule has 0 N–H and O–H groups in total. The van der Waals surface area contributed by atoms with E-state index in [2.05, 4.69) is 25.1 Å². The van der Waals surface area contributed by atoms with Gasteiger partial charge in [-0.1, -0.05) is 58.8 Å². The van der Waals surface area contributed by atoms with Crippen molar-refractivity contribution in [3.63, 3.8) is 0 Å². The molecular formula is C14H29N. The van der Waals surface area contributed by atoms with Crippen LogP contribution in [0.3, 0.4) is 0 Å². The molecule has 0 aliphatic heterocycles. The van der Waals surface area contributed by atoms with Gasteiger partial charge in [-0.3, -0.25) is 4.99 Å². The smallest absolute Gasteiger partial charge is 0.0385 e. The van der Waals surface area contributed by atoms with Crippen LogP contribution in [0, 0.1) is 0 Å². The summed E-state index contributed by atoms with van der Waals surface area (Å²) in [5.74, 6) is 0. The second kappa shape index (κ2) is 13.7. The minimum Gasteiger partial charge on any atom is -0.298 e. The lowest BCUT2D eigenvalue weighted by Gasteiger charge is -1.97. The fourth-order valence-electron chi connectivity index (χ4n) is 1.65. The van der Waals surface area contributed by atoms with E-state index in [4.69, 9.17) is 0 Å². The van der Waals surface area contributed by atoms with Crippen molar-refractivity contribution in [2.75, 3.05) is 6.54 Å². The van der Waals surface area contributed by atoms with E-state index in [0.717, 1.165) is 6.54 Å². The van der Waals surface area contributed by atoms with Crippen molar-refractivity contribution in [1.82, 2.24) is 0 Å². The Kier molecular flexibility index (Phi) is 13.4. The Bertz CT molecular complexity index is 129. The van der Waals surface area contributed by atoms with Gasteiger partial charge in [0, 0.05) is 6.54 Å². The van der Waals surface area contributed by atoms with Crippen LogP contribution >= 0.6 is 0 Å². The SMILES string of the molecule is CCCCCC=NCCCCCCCC. The van der Waals surface area contributed by atoms with E-state index < -0.39 is 0 Å². The van der Waals surface area contributed by atoms with Crippen LogP contribution in [0.15, 0.2) is 4.99 Å². The fraction of sp³-hybridized carbons (Fsp3) is 0.929. The summed E-state index contributed by atoms with van der Waals surface area (Å²) < 4.78 is 0. The molecule has 1 nitrogen and oxygen atoms in total. The highest BCUT2D eigenvalue weighted by molar-refractivity contribution is 5.56. The summed E-state index contributed by atoms with van der Waals surface area (Å²) in [4.78, 5) is 4.44.